The standard InChI is InChI=1S/C20H19Cl2N5O4/c1-10(16-7-14(26-31-16)12-3-5-13(21)6-4-12)23-19-24-17(22)8-18(25-19)27-15(11(2)28)9-30-20(27)29/h3-8,10-11,15,28H,9H2,1-2H3,(H,23,24,25)/t10-,11+,15+/m0/s1. The van der Waals surface area contributed by atoms with E-state index in [0.29, 0.717) is 16.5 Å². The molecular weight excluding hydrogens is 445 g/mol. The third-order valence-corrected chi connectivity index (χ3v) is 5.28. The Balaban J connectivity index is 1.54. The minimum Gasteiger partial charge on any atom is -0.447 e. The van der Waals surface area contributed by atoms with Gasteiger partial charge in [-0.3, -0.25) is 4.90 Å². The highest BCUT2D eigenvalue weighted by Crippen LogP contribution is 2.29. The van der Waals surface area contributed by atoms with E-state index in [4.69, 9.17) is 32.5 Å². The molecule has 1 aromatic carbocycles. The predicted molar refractivity (Wildman–Crippen MR) is 115 cm³/mol. The molecule has 2 N–H and O–H groups in total. The second kappa shape index (κ2) is 8.70. The lowest BCUT2D eigenvalue weighted by atomic mass is 10.1. The normalized spacial score (nSPS) is 18.0. The number of rotatable bonds is 6. The zero-order chi connectivity index (χ0) is 22.1. The third kappa shape index (κ3) is 4.58. The molecule has 4 rings (SSSR count). The first kappa shape index (κ1) is 21.4. The molecule has 1 aliphatic heterocycles. The number of anilines is 2. The van der Waals surface area contributed by atoms with Crippen molar-refractivity contribution in [3.63, 3.8) is 0 Å². The Morgan fingerprint density at radius 3 is 2.65 bits per heavy atom. The van der Waals surface area contributed by atoms with Crippen molar-refractivity contribution in [2.45, 2.75) is 32.0 Å². The van der Waals surface area contributed by atoms with Gasteiger partial charge in [0.15, 0.2) is 5.76 Å². The highest BCUT2D eigenvalue weighted by Gasteiger charge is 2.38. The number of carbonyl (C=O) groups excluding carboxylic acids is 1. The van der Waals surface area contributed by atoms with Gasteiger partial charge in [-0.1, -0.05) is 40.5 Å². The third-order valence-electron chi connectivity index (χ3n) is 4.83. The number of aromatic nitrogens is 3. The first-order chi connectivity index (χ1) is 14.8. The average Bonchev–Trinajstić information content (AvgIpc) is 3.35. The number of amides is 1. The highest BCUT2D eigenvalue weighted by atomic mass is 35.5. The Morgan fingerprint density at radius 1 is 1.19 bits per heavy atom. The van der Waals surface area contributed by atoms with Gasteiger partial charge in [0.2, 0.25) is 5.95 Å². The predicted octanol–water partition coefficient (Wildman–Crippen LogP) is 4.32. The van der Waals surface area contributed by atoms with Crippen molar-refractivity contribution in [2.75, 3.05) is 16.8 Å². The summed E-state index contributed by atoms with van der Waals surface area (Å²) in [6.45, 7) is 3.48. The van der Waals surface area contributed by atoms with E-state index >= 15 is 0 Å². The summed E-state index contributed by atoms with van der Waals surface area (Å²) in [5.41, 5.74) is 1.53. The first-order valence-electron chi connectivity index (χ1n) is 9.49. The van der Waals surface area contributed by atoms with E-state index < -0.39 is 18.2 Å². The summed E-state index contributed by atoms with van der Waals surface area (Å²) in [5.74, 6) is 0.962. The summed E-state index contributed by atoms with van der Waals surface area (Å²) >= 11 is 12.1. The Kier molecular flexibility index (Phi) is 5.99. The molecule has 11 heteroatoms. The number of hydrogen-bond acceptors (Lipinski definition) is 8. The minimum absolute atomic E-state index is 0.0584. The number of benzene rings is 1. The maximum Gasteiger partial charge on any atom is 0.416 e. The van der Waals surface area contributed by atoms with Gasteiger partial charge in [0, 0.05) is 22.7 Å². The highest BCUT2D eigenvalue weighted by molar-refractivity contribution is 6.30. The number of aliphatic hydroxyl groups excluding tert-OH is 1. The van der Waals surface area contributed by atoms with Crippen molar-refractivity contribution >= 4 is 41.1 Å². The molecule has 0 bridgehead atoms. The number of carbonyl (C=O) groups is 1. The Bertz CT molecular complexity index is 1090. The fourth-order valence-electron chi connectivity index (χ4n) is 3.16. The molecule has 0 radical (unpaired) electrons. The van der Waals surface area contributed by atoms with Crippen molar-refractivity contribution in [3.05, 3.63) is 52.3 Å². The van der Waals surface area contributed by atoms with Crippen molar-refractivity contribution in [1.29, 1.82) is 0 Å². The van der Waals surface area contributed by atoms with Gasteiger partial charge in [0.05, 0.1) is 12.1 Å². The van der Waals surface area contributed by atoms with E-state index in [1.165, 1.54) is 11.0 Å². The summed E-state index contributed by atoms with van der Waals surface area (Å²) < 4.78 is 10.5. The lowest BCUT2D eigenvalue weighted by Gasteiger charge is -2.23. The van der Waals surface area contributed by atoms with Crippen molar-refractivity contribution < 1.29 is 19.2 Å². The maximum absolute atomic E-state index is 12.2. The topological polar surface area (TPSA) is 114 Å². The van der Waals surface area contributed by atoms with Gasteiger partial charge in [0.1, 0.15) is 29.3 Å². The van der Waals surface area contributed by atoms with Crippen LogP contribution in [0.25, 0.3) is 11.3 Å². The molecule has 3 heterocycles. The van der Waals surface area contributed by atoms with E-state index in [2.05, 4.69) is 20.4 Å². The number of nitrogens with one attached hydrogen (secondary N) is 1. The van der Waals surface area contributed by atoms with Gasteiger partial charge >= 0.3 is 6.09 Å². The number of hydrogen-bond donors (Lipinski definition) is 2. The molecule has 1 aliphatic rings. The number of aliphatic hydroxyl groups is 1. The van der Waals surface area contributed by atoms with Crippen LogP contribution in [0.15, 0.2) is 40.9 Å². The Morgan fingerprint density at radius 2 is 1.94 bits per heavy atom. The lowest BCUT2D eigenvalue weighted by molar-refractivity contribution is 0.142. The average molecular weight is 464 g/mol. The largest absolute Gasteiger partial charge is 0.447 e. The maximum atomic E-state index is 12.2. The monoisotopic (exact) mass is 463 g/mol. The molecule has 1 amide bonds. The molecule has 162 valence electrons. The molecule has 0 spiro atoms. The zero-order valence-corrected chi connectivity index (χ0v) is 18.1. The van der Waals surface area contributed by atoms with Gasteiger partial charge in [-0.15, -0.1) is 0 Å². The van der Waals surface area contributed by atoms with Crippen molar-refractivity contribution in [1.82, 2.24) is 15.1 Å². The van der Waals surface area contributed by atoms with Crippen LogP contribution in [0.4, 0.5) is 16.6 Å². The van der Waals surface area contributed by atoms with Gasteiger partial charge in [0.25, 0.3) is 0 Å². The summed E-state index contributed by atoms with van der Waals surface area (Å²) in [6.07, 6.45) is -1.42. The van der Waals surface area contributed by atoms with E-state index in [-0.39, 0.29) is 29.6 Å². The van der Waals surface area contributed by atoms with Crippen LogP contribution in [0.2, 0.25) is 10.2 Å². The number of halogens is 2. The smallest absolute Gasteiger partial charge is 0.416 e. The number of nitrogens with zero attached hydrogens (tertiary/aromatic N) is 4. The van der Waals surface area contributed by atoms with Gasteiger partial charge in [-0.05, 0) is 26.0 Å². The summed E-state index contributed by atoms with van der Waals surface area (Å²) in [6, 6.07) is 9.57. The van der Waals surface area contributed by atoms with Crippen LogP contribution in [-0.4, -0.2) is 45.1 Å². The molecule has 3 atom stereocenters. The van der Waals surface area contributed by atoms with Gasteiger partial charge < -0.3 is 19.7 Å². The Hall–Kier alpha value is -2.88. The summed E-state index contributed by atoms with van der Waals surface area (Å²) in [7, 11) is 0. The SMILES string of the molecule is C[C@H](Nc1nc(Cl)cc(N2C(=O)OC[C@@H]2[C@@H](C)O)n1)c1cc(-c2ccc(Cl)cc2)no1. The van der Waals surface area contributed by atoms with E-state index in [0.717, 1.165) is 5.56 Å². The molecule has 31 heavy (non-hydrogen) atoms. The second-order valence-electron chi connectivity index (χ2n) is 7.11. The van der Waals surface area contributed by atoms with Crippen LogP contribution in [0.1, 0.15) is 25.6 Å². The lowest BCUT2D eigenvalue weighted by Crippen LogP contribution is -2.41. The molecule has 0 saturated carbocycles. The molecule has 1 fully saturated rings. The molecule has 2 aromatic heterocycles. The van der Waals surface area contributed by atoms with Crippen LogP contribution in [0.5, 0.6) is 0 Å². The number of cyclic esters (lactones) is 1. The fraction of sp³-hybridized carbons (Fsp3) is 0.300. The van der Waals surface area contributed by atoms with Gasteiger partial charge in [-0.2, -0.15) is 4.98 Å². The van der Waals surface area contributed by atoms with Crippen molar-refractivity contribution in [2.24, 2.45) is 0 Å². The second-order valence-corrected chi connectivity index (χ2v) is 7.94. The zero-order valence-electron chi connectivity index (χ0n) is 16.6. The summed E-state index contributed by atoms with van der Waals surface area (Å²) in [5, 5.41) is 17.9. The molecule has 3 aromatic rings. The molecular formula is C20H19Cl2N5O4. The molecule has 1 saturated heterocycles. The van der Waals surface area contributed by atoms with E-state index in [9.17, 15) is 9.90 Å². The molecule has 0 unspecified atom stereocenters. The van der Waals surface area contributed by atoms with E-state index in [1.54, 1.807) is 25.1 Å². The van der Waals surface area contributed by atoms with Crippen LogP contribution in [0, 0.1) is 0 Å². The van der Waals surface area contributed by atoms with Crippen molar-refractivity contribution in [3.8, 4) is 11.3 Å². The van der Waals surface area contributed by atoms with Crippen LogP contribution in [-0.2, 0) is 4.74 Å². The minimum atomic E-state index is -0.809. The Labute approximate surface area is 187 Å². The molecule has 9 nitrogen and oxygen atoms in total. The van der Waals surface area contributed by atoms with Crippen LogP contribution >= 0.6 is 23.2 Å². The van der Waals surface area contributed by atoms with Gasteiger partial charge in [-0.25, -0.2) is 9.78 Å². The van der Waals surface area contributed by atoms with Crippen LogP contribution < -0.4 is 10.2 Å². The first-order valence-corrected chi connectivity index (χ1v) is 10.2. The van der Waals surface area contributed by atoms with E-state index in [1.807, 2.05) is 19.1 Å². The molecule has 0 aliphatic carbocycles. The number of ether oxygens (including phenoxy) is 1. The quantitative estimate of drug-likeness (QED) is 0.519. The summed E-state index contributed by atoms with van der Waals surface area (Å²) in [4.78, 5) is 22.0. The van der Waals surface area contributed by atoms with Crippen LogP contribution in [0.3, 0.4) is 0 Å². The fourth-order valence-corrected chi connectivity index (χ4v) is 3.47.